The van der Waals surface area contributed by atoms with Crippen LogP contribution in [0.4, 0.5) is 5.82 Å². The Morgan fingerprint density at radius 3 is 2.50 bits per heavy atom. The van der Waals surface area contributed by atoms with E-state index in [0.717, 1.165) is 36.2 Å². The first-order valence-corrected chi connectivity index (χ1v) is 7.83. The van der Waals surface area contributed by atoms with Gasteiger partial charge in [0.1, 0.15) is 5.82 Å². The third-order valence-corrected chi connectivity index (χ3v) is 4.02. The van der Waals surface area contributed by atoms with Gasteiger partial charge in [0.15, 0.2) is 0 Å². The van der Waals surface area contributed by atoms with Crippen LogP contribution >= 0.6 is 15.9 Å². The van der Waals surface area contributed by atoms with E-state index >= 15 is 0 Å². The predicted octanol–water partition coefficient (Wildman–Crippen LogP) is 2.98. The quantitative estimate of drug-likeness (QED) is 0.900. The maximum absolute atomic E-state index is 12.0. The van der Waals surface area contributed by atoms with Gasteiger partial charge in [-0.25, -0.2) is 4.98 Å². The molecule has 0 atom stereocenters. The Morgan fingerprint density at radius 2 is 2.00 bits per heavy atom. The Labute approximate surface area is 129 Å². The van der Waals surface area contributed by atoms with Gasteiger partial charge in [0, 0.05) is 35.2 Å². The van der Waals surface area contributed by atoms with Gasteiger partial charge in [0.05, 0.1) is 0 Å². The first-order chi connectivity index (χ1) is 9.36. The van der Waals surface area contributed by atoms with E-state index in [1.807, 2.05) is 39.1 Å². The molecular weight excluding hydrogens is 318 g/mol. The molecule has 0 aliphatic carbocycles. The van der Waals surface area contributed by atoms with E-state index in [9.17, 15) is 4.79 Å². The summed E-state index contributed by atoms with van der Waals surface area (Å²) in [5, 5.41) is 3.15. The summed E-state index contributed by atoms with van der Waals surface area (Å²) in [6.45, 7) is 7.71. The van der Waals surface area contributed by atoms with Crippen molar-refractivity contribution in [3.05, 3.63) is 22.8 Å². The van der Waals surface area contributed by atoms with E-state index < -0.39 is 0 Å². The molecule has 1 aliphatic heterocycles. The van der Waals surface area contributed by atoms with Crippen LogP contribution in [0.5, 0.6) is 0 Å². The number of hydrogen-bond acceptors (Lipinski definition) is 3. The lowest BCUT2D eigenvalue weighted by atomic mass is 9.94. The fraction of sp³-hybridized carbons (Fsp3) is 0.600. The number of pyridine rings is 1. The summed E-state index contributed by atoms with van der Waals surface area (Å²) in [5.74, 6) is 1.14. The molecule has 110 valence electrons. The molecule has 0 radical (unpaired) electrons. The number of amides is 1. The van der Waals surface area contributed by atoms with E-state index in [-0.39, 0.29) is 17.4 Å². The summed E-state index contributed by atoms with van der Waals surface area (Å²) >= 11 is 3.40. The van der Waals surface area contributed by atoms with Crippen molar-refractivity contribution in [3.63, 3.8) is 0 Å². The highest BCUT2D eigenvalue weighted by Crippen LogP contribution is 2.21. The standard InChI is InChI=1S/C15H22BrN3O/c1-15(2,3)14(20)18-12-6-8-19(9-7-12)13-5-4-11(16)10-17-13/h4-5,10,12H,6-9H2,1-3H3,(H,18,20). The molecule has 0 aromatic carbocycles. The van der Waals surface area contributed by atoms with Gasteiger partial charge in [-0.05, 0) is 40.9 Å². The van der Waals surface area contributed by atoms with Gasteiger partial charge >= 0.3 is 0 Å². The molecular formula is C15H22BrN3O. The summed E-state index contributed by atoms with van der Waals surface area (Å²) < 4.78 is 0.994. The number of hydrogen-bond donors (Lipinski definition) is 1. The Hall–Kier alpha value is -1.10. The molecule has 1 aromatic heterocycles. The molecule has 1 saturated heterocycles. The molecule has 2 rings (SSSR count). The number of halogens is 1. The summed E-state index contributed by atoms with van der Waals surface area (Å²) in [6.07, 6.45) is 3.77. The highest BCUT2D eigenvalue weighted by molar-refractivity contribution is 9.10. The zero-order chi connectivity index (χ0) is 14.8. The van der Waals surface area contributed by atoms with E-state index in [2.05, 4.69) is 31.1 Å². The second kappa shape index (κ2) is 6.12. The number of carbonyl (C=O) groups is 1. The molecule has 0 bridgehead atoms. The minimum atomic E-state index is -0.315. The maximum atomic E-state index is 12.0. The Morgan fingerprint density at radius 1 is 1.35 bits per heavy atom. The highest BCUT2D eigenvalue weighted by atomic mass is 79.9. The largest absolute Gasteiger partial charge is 0.356 e. The smallest absolute Gasteiger partial charge is 0.225 e. The van der Waals surface area contributed by atoms with Crippen molar-refractivity contribution in [2.24, 2.45) is 5.41 Å². The van der Waals surface area contributed by atoms with Crippen LogP contribution < -0.4 is 10.2 Å². The predicted molar refractivity (Wildman–Crippen MR) is 84.8 cm³/mol. The van der Waals surface area contributed by atoms with Crippen molar-refractivity contribution >= 4 is 27.7 Å². The molecule has 0 saturated carbocycles. The molecule has 1 aromatic rings. The van der Waals surface area contributed by atoms with Crippen molar-refractivity contribution in [3.8, 4) is 0 Å². The van der Waals surface area contributed by atoms with Gasteiger partial charge in [-0.1, -0.05) is 20.8 Å². The van der Waals surface area contributed by atoms with Crippen LogP contribution in [0.2, 0.25) is 0 Å². The van der Waals surface area contributed by atoms with E-state index in [1.54, 1.807) is 0 Å². The van der Waals surface area contributed by atoms with E-state index in [1.165, 1.54) is 0 Å². The molecule has 20 heavy (non-hydrogen) atoms. The molecule has 1 N–H and O–H groups in total. The minimum absolute atomic E-state index is 0.137. The minimum Gasteiger partial charge on any atom is -0.356 e. The lowest BCUT2D eigenvalue weighted by Crippen LogP contribution is -2.47. The normalized spacial score (nSPS) is 17.1. The van der Waals surface area contributed by atoms with Crippen molar-refractivity contribution < 1.29 is 4.79 Å². The number of nitrogens with one attached hydrogen (secondary N) is 1. The first kappa shape index (κ1) is 15.3. The summed E-state index contributed by atoms with van der Waals surface area (Å²) in [5.41, 5.74) is -0.315. The third-order valence-electron chi connectivity index (χ3n) is 3.55. The molecule has 1 aliphatic rings. The van der Waals surface area contributed by atoms with Crippen molar-refractivity contribution in [1.29, 1.82) is 0 Å². The number of piperidine rings is 1. The summed E-state index contributed by atoms with van der Waals surface area (Å²) in [6, 6.07) is 4.32. The van der Waals surface area contributed by atoms with Crippen LogP contribution in [0.25, 0.3) is 0 Å². The SMILES string of the molecule is CC(C)(C)C(=O)NC1CCN(c2ccc(Br)cn2)CC1. The zero-order valence-electron chi connectivity index (χ0n) is 12.3. The van der Waals surface area contributed by atoms with Crippen molar-refractivity contribution in [2.45, 2.75) is 39.7 Å². The van der Waals surface area contributed by atoms with Crippen LogP contribution in [0, 0.1) is 5.41 Å². The van der Waals surface area contributed by atoms with Gasteiger partial charge in [0.2, 0.25) is 5.91 Å². The fourth-order valence-electron chi connectivity index (χ4n) is 2.21. The number of aromatic nitrogens is 1. The van der Waals surface area contributed by atoms with Gasteiger partial charge in [0.25, 0.3) is 0 Å². The van der Waals surface area contributed by atoms with E-state index in [4.69, 9.17) is 0 Å². The molecule has 0 unspecified atom stereocenters. The third kappa shape index (κ3) is 3.95. The zero-order valence-corrected chi connectivity index (χ0v) is 13.9. The van der Waals surface area contributed by atoms with Gasteiger partial charge in [-0.15, -0.1) is 0 Å². The molecule has 0 spiro atoms. The summed E-state index contributed by atoms with van der Waals surface area (Å²) in [4.78, 5) is 18.7. The van der Waals surface area contributed by atoms with Gasteiger partial charge in [-0.2, -0.15) is 0 Å². The molecule has 5 heteroatoms. The Kier molecular flexibility index (Phi) is 4.68. The second-order valence-electron chi connectivity index (χ2n) is 6.32. The number of anilines is 1. The van der Waals surface area contributed by atoms with Crippen LogP contribution in [-0.4, -0.2) is 30.0 Å². The molecule has 1 amide bonds. The molecule has 2 heterocycles. The van der Waals surface area contributed by atoms with Crippen molar-refractivity contribution in [2.75, 3.05) is 18.0 Å². The van der Waals surface area contributed by atoms with Crippen LogP contribution in [0.3, 0.4) is 0 Å². The number of carbonyl (C=O) groups excluding carboxylic acids is 1. The lowest BCUT2D eigenvalue weighted by molar-refractivity contribution is -0.129. The first-order valence-electron chi connectivity index (χ1n) is 7.04. The monoisotopic (exact) mass is 339 g/mol. The van der Waals surface area contributed by atoms with E-state index in [0.29, 0.717) is 0 Å². The maximum Gasteiger partial charge on any atom is 0.225 e. The molecule has 1 fully saturated rings. The topological polar surface area (TPSA) is 45.2 Å². The average molecular weight is 340 g/mol. The number of nitrogens with zero attached hydrogens (tertiary/aromatic N) is 2. The Bertz CT molecular complexity index is 459. The van der Waals surface area contributed by atoms with Gasteiger partial charge < -0.3 is 10.2 Å². The van der Waals surface area contributed by atoms with Crippen LogP contribution in [0.1, 0.15) is 33.6 Å². The fourth-order valence-corrected chi connectivity index (χ4v) is 2.44. The second-order valence-corrected chi connectivity index (χ2v) is 7.24. The summed E-state index contributed by atoms with van der Waals surface area (Å²) in [7, 11) is 0. The van der Waals surface area contributed by atoms with Gasteiger partial charge in [-0.3, -0.25) is 4.79 Å². The van der Waals surface area contributed by atoms with Crippen LogP contribution in [0.15, 0.2) is 22.8 Å². The number of rotatable bonds is 2. The Balaban J connectivity index is 1.86. The highest BCUT2D eigenvalue weighted by Gasteiger charge is 2.26. The lowest BCUT2D eigenvalue weighted by Gasteiger charge is -2.34. The average Bonchev–Trinajstić information content (AvgIpc) is 2.39. The molecule has 4 nitrogen and oxygen atoms in total. The van der Waals surface area contributed by atoms with Crippen LogP contribution in [-0.2, 0) is 4.79 Å². The van der Waals surface area contributed by atoms with Crippen molar-refractivity contribution in [1.82, 2.24) is 10.3 Å².